The molecule has 3 heterocycles. The summed E-state index contributed by atoms with van der Waals surface area (Å²) in [4.78, 5) is 31.5. The molecular formula is C31H34N2O6. The lowest BCUT2D eigenvalue weighted by atomic mass is 9.90. The highest BCUT2D eigenvalue weighted by Crippen LogP contribution is 2.38. The number of H-pyrrole nitrogens is 1. The Morgan fingerprint density at radius 2 is 1.95 bits per heavy atom. The van der Waals surface area contributed by atoms with Gasteiger partial charge in [0.25, 0.3) is 0 Å². The first-order valence-electron chi connectivity index (χ1n) is 13.3. The average Bonchev–Trinajstić information content (AvgIpc) is 3.30. The van der Waals surface area contributed by atoms with Crippen LogP contribution < -0.4 is 14.9 Å². The Bertz CT molecular complexity index is 1570. The Labute approximate surface area is 227 Å². The van der Waals surface area contributed by atoms with E-state index in [4.69, 9.17) is 13.9 Å². The number of aromatic nitrogens is 1. The Hall–Kier alpha value is -4.20. The van der Waals surface area contributed by atoms with Crippen LogP contribution in [0.5, 0.6) is 17.2 Å². The van der Waals surface area contributed by atoms with Crippen molar-refractivity contribution in [1.82, 2.24) is 9.88 Å². The summed E-state index contributed by atoms with van der Waals surface area (Å²) in [6.45, 7) is 7.33. The molecule has 2 N–H and O–H groups in total. The van der Waals surface area contributed by atoms with Crippen molar-refractivity contribution in [2.45, 2.75) is 46.1 Å². The van der Waals surface area contributed by atoms with Crippen molar-refractivity contribution in [2.24, 2.45) is 5.92 Å². The predicted molar refractivity (Wildman–Crippen MR) is 149 cm³/mol. The Kier molecular flexibility index (Phi) is 7.37. The van der Waals surface area contributed by atoms with Gasteiger partial charge in [-0.3, -0.25) is 9.59 Å². The molecule has 0 fully saturated rings. The van der Waals surface area contributed by atoms with Crippen molar-refractivity contribution in [3.8, 4) is 17.2 Å². The molecule has 1 amide bonds. The fourth-order valence-electron chi connectivity index (χ4n) is 5.21. The van der Waals surface area contributed by atoms with Gasteiger partial charge >= 0.3 is 0 Å². The highest BCUT2D eigenvalue weighted by Gasteiger charge is 2.31. The van der Waals surface area contributed by atoms with Crippen LogP contribution in [0, 0.1) is 12.8 Å². The molecule has 0 radical (unpaired) electrons. The largest absolute Gasteiger partial charge is 0.502 e. The Morgan fingerprint density at radius 1 is 1.15 bits per heavy atom. The minimum Gasteiger partial charge on any atom is -0.502 e. The van der Waals surface area contributed by atoms with Gasteiger partial charge in [-0.15, -0.1) is 0 Å². The molecule has 204 valence electrons. The number of aromatic amines is 1. The molecule has 39 heavy (non-hydrogen) atoms. The van der Waals surface area contributed by atoms with Crippen LogP contribution in [0.1, 0.15) is 54.5 Å². The van der Waals surface area contributed by atoms with E-state index in [0.717, 1.165) is 17.6 Å². The fraction of sp³-hybridized carbons (Fsp3) is 0.355. The molecule has 1 atom stereocenters. The first-order chi connectivity index (χ1) is 18.7. The zero-order valence-corrected chi connectivity index (χ0v) is 22.7. The first kappa shape index (κ1) is 26.4. The number of benzene rings is 2. The van der Waals surface area contributed by atoms with E-state index >= 15 is 0 Å². The zero-order valence-electron chi connectivity index (χ0n) is 22.7. The second kappa shape index (κ2) is 10.9. The van der Waals surface area contributed by atoms with Gasteiger partial charge in [-0.25, -0.2) is 0 Å². The number of hydrogen-bond acceptors (Lipinski definition) is 6. The van der Waals surface area contributed by atoms with E-state index in [1.165, 1.54) is 17.0 Å². The van der Waals surface area contributed by atoms with Gasteiger partial charge in [0.05, 0.1) is 26.2 Å². The minimum atomic E-state index is -0.706. The van der Waals surface area contributed by atoms with E-state index in [2.05, 4.69) is 24.9 Å². The molecule has 0 unspecified atom stereocenters. The molecule has 1 aliphatic heterocycles. The van der Waals surface area contributed by atoms with Crippen LogP contribution in [0.4, 0.5) is 0 Å². The van der Waals surface area contributed by atoms with Crippen molar-refractivity contribution >= 4 is 16.8 Å². The molecule has 1 aliphatic rings. The van der Waals surface area contributed by atoms with Crippen LogP contribution in [0.2, 0.25) is 0 Å². The number of nitrogens with one attached hydrogen (secondary N) is 1. The number of carbonyl (C=O) groups is 1. The van der Waals surface area contributed by atoms with Crippen LogP contribution in [-0.4, -0.2) is 41.2 Å². The van der Waals surface area contributed by atoms with Crippen molar-refractivity contribution in [1.29, 1.82) is 0 Å². The number of aromatic hydroxyl groups is 1. The summed E-state index contributed by atoms with van der Waals surface area (Å²) in [6.07, 6.45) is 0.751. The molecule has 4 aromatic rings. The third-order valence-corrected chi connectivity index (χ3v) is 7.16. The van der Waals surface area contributed by atoms with Crippen LogP contribution in [0.15, 0.2) is 57.7 Å². The molecule has 0 saturated heterocycles. The van der Waals surface area contributed by atoms with Crippen molar-refractivity contribution < 1.29 is 23.8 Å². The lowest BCUT2D eigenvalue weighted by Gasteiger charge is -2.29. The van der Waals surface area contributed by atoms with E-state index in [-0.39, 0.29) is 18.1 Å². The molecule has 0 bridgehead atoms. The summed E-state index contributed by atoms with van der Waals surface area (Å²) < 4.78 is 17.4. The standard InChI is InChI=1S/C31H34N2O6/c1-18(2)17-38-27-10-9-20(14-28(27)37-4)23(31-30(36)26(34)13-19(3)39-31)15-29(35)33-12-11-22-21-7-5-6-8-24(21)32-25(22)16-33/h5-10,13-14,18,23,32,36H,11-12,15-17H2,1-4H3/t23-/m0/s1. The third-order valence-electron chi connectivity index (χ3n) is 7.16. The topological polar surface area (TPSA) is 105 Å². The number of para-hydroxylation sites is 1. The highest BCUT2D eigenvalue weighted by molar-refractivity contribution is 5.86. The van der Waals surface area contributed by atoms with Crippen LogP contribution in [0.3, 0.4) is 0 Å². The molecule has 0 aliphatic carbocycles. The van der Waals surface area contributed by atoms with E-state index in [9.17, 15) is 14.7 Å². The highest BCUT2D eigenvalue weighted by atomic mass is 16.5. The fourth-order valence-corrected chi connectivity index (χ4v) is 5.21. The maximum Gasteiger partial charge on any atom is 0.227 e. The number of nitrogens with zero attached hydrogens (tertiary/aromatic N) is 1. The number of ether oxygens (including phenoxy) is 2. The Balaban J connectivity index is 1.47. The van der Waals surface area contributed by atoms with E-state index < -0.39 is 17.1 Å². The molecule has 2 aromatic carbocycles. The van der Waals surface area contributed by atoms with Crippen molar-refractivity contribution in [3.63, 3.8) is 0 Å². The second-order valence-corrected chi connectivity index (χ2v) is 10.5. The number of hydrogen-bond donors (Lipinski definition) is 2. The van der Waals surface area contributed by atoms with E-state index in [0.29, 0.717) is 48.4 Å². The quantitative estimate of drug-likeness (QED) is 0.321. The molecule has 0 saturated carbocycles. The molecule has 2 aromatic heterocycles. The number of carbonyl (C=O) groups excluding carboxylic acids is 1. The number of rotatable bonds is 8. The maximum atomic E-state index is 13.7. The summed E-state index contributed by atoms with van der Waals surface area (Å²) >= 11 is 0. The van der Waals surface area contributed by atoms with Gasteiger partial charge in [-0.05, 0) is 48.6 Å². The zero-order chi connectivity index (χ0) is 27.7. The smallest absolute Gasteiger partial charge is 0.227 e. The van der Waals surface area contributed by atoms with Gasteiger partial charge in [-0.1, -0.05) is 38.1 Å². The average molecular weight is 531 g/mol. The lowest BCUT2D eigenvalue weighted by molar-refractivity contribution is -0.132. The Morgan fingerprint density at radius 3 is 2.72 bits per heavy atom. The summed E-state index contributed by atoms with van der Waals surface area (Å²) in [5.74, 6) is 0.534. The first-order valence-corrected chi connectivity index (χ1v) is 13.3. The second-order valence-electron chi connectivity index (χ2n) is 10.5. The van der Waals surface area contributed by atoms with Gasteiger partial charge in [0, 0.05) is 35.6 Å². The number of amides is 1. The van der Waals surface area contributed by atoms with Gasteiger partial charge in [-0.2, -0.15) is 0 Å². The van der Waals surface area contributed by atoms with Crippen molar-refractivity contribution in [3.05, 3.63) is 87.1 Å². The maximum absolute atomic E-state index is 13.7. The van der Waals surface area contributed by atoms with Crippen molar-refractivity contribution in [2.75, 3.05) is 20.3 Å². The van der Waals surface area contributed by atoms with Gasteiger partial charge < -0.3 is 28.9 Å². The van der Waals surface area contributed by atoms with Gasteiger partial charge in [0.2, 0.25) is 17.1 Å². The van der Waals surface area contributed by atoms with Crippen LogP contribution in [-0.2, 0) is 17.8 Å². The molecule has 0 spiro atoms. The normalized spacial score (nSPS) is 13.9. The number of aryl methyl sites for hydroxylation is 1. The molecular weight excluding hydrogens is 496 g/mol. The van der Waals surface area contributed by atoms with Gasteiger partial charge in [0.15, 0.2) is 17.3 Å². The minimum absolute atomic E-state index is 0.00483. The van der Waals surface area contributed by atoms with Crippen LogP contribution >= 0.6 is 0 Å². The molecule has 5 rings (SSSR count). The molecule has 8 heteroatoms. The third kappa shape index (κ3) is 5.37. The summed E-state index contributed by atoms with van der Waals surface area (Å²) in [5.41, 5.74) is 3.47. The summed E-state index contributed by atoms with van der Waals surface area (Å²) in [6, 6.07) is 14.8. The predicted octanol–water partition coefficient (Wildman–Crippen LogP) is 5.29. The van der Waals surface area contributed by atoms with E-state index in [1.807, 2.05) is 29.2 Å². The SMILES string of the molecule is COc1cc([C@H](CC(=O)N2CCc3c([nH]c4ccccc34)C2)c2oc(C)cc(=O)c2O)ccc1OCC(C)C. The molecule has 8 nitrogen and oxygen atoms in total. The summed E-state index contributed by atoms with van der Waals surface area (Å²) in [5, 5.41) is 11.9. The van der Waals surface area contributed by atoms with Gasteiger partial charge in [0.1, 0.15) is 5.76 Å². The number of fused-ring (bicyclic) bond motifs is 3. The summed E-state index contributed by atoms with van der Waals surface area (Å²) in [7, 11) is 1.55. The van der Waals surface area contributed by atoms with Crippen LogP contribution in [0.25, 0.3) is 10.9 Å². The van der Waals surface area contributed by atoms with E-state index in [1.54, 1.807) is 26.2 Å². The monoisotopic (exact) mass is 530 g/mol. The lowest BCUT2D eigenvalue weighted by Crippen LogP contribution is -2.36. The number of methoxy groups -OCH3 is 1.